The van der Waals surface area contributed by atoms with Gasteiger partial charge in [0, 0.05) is 0 Å². The number of rotatable bonds is 4. The molecule has 1 aromatic rings. The van der Waals surface area contributed by atoms with Gasteiger partial charge in [-0.1, -0.05) is 11.2 Å². The highest BCUT2D eigenvalue weighted by atomic mass is 16.5. The summed E-state index contributed by atoms with van der Waals surface area (Å²) in [6.45, 7) is 5.92. The van der Waals surface area contributed by atoms with Gasteiger partial charge in [0.25, 0.3) is 0 Å². The quantitative estimate of drug-likeness (QED) is 0.479. The first-order valence-corrected chi connectivity index (χ1v) is 5.41. The molecule has 0 heterocycles. The van der Waals surface area contributed by atoms with Crippen LogP contribution in [0.5, 0.6) is 11.5 Å². The maximum Gasteiger partial charge on any atom is 0.161 e. The van der Waals surface area contributed by atoms with Crippen LogP contribution in [0.15, 0.2) is 28.9 Å². The molecule has 0 fully saturated rings. The van der Waals surface area contributed by atoms with Crippen molar-refractivity contribution in [2.45, 2.75) is 20.8 Å². The smallest absolute Gasteiger partial charge is 0.161 e. The number of oxime groups is 1. The van der Waals surface area contributed by atoms with E-state index in [2.05, 4.69) is 5.16 Å². The number of phenolic OH excluding ortho intramolecular Hbond substituents is 1. The van der Waals surface area contributed by atoms with Crippen molar-refractivity contribution in [2.75, 3.05) is 6.61 Å². The van der Waals surface area contributed by atoms with Crippen LogP contribution in [-0.4, -0.2) is 22.6 Å². The van der Waals surface area contributed by atoms with Crippen LogP contribution in [0.2, 0.25) is 0 Å². The molecule has 0 bridgehead atoms. The summed E-state index contributed by atoms with van der Waals surface area (Å²) in [6.07, 6.45) is 1.86. The Balaban J connectivity index is 3.04. The molecule has 0 aliphatic heterocycles. The van der Waals surface area contributed by atoms with Gasteiger partial charge in [-0.2, -0.15) is 0 Å². The molecule has 4 heteroatoms. The van der Waals surface area contributed by atoms with Crippen LogP contribution in [0.4, 0.5) is 0 Å². The fourth-order valence-electron chi connectivity index (χ4n) is 1.32. The molecule has 4 nitrogen and oxygen atoms in total. The van der Waals surface area contributed by atoms with E-state index in [9.17, 15) is 5.11 Å². The molecule has 92 valence electrons. The predicted molar refractivity (Wildman–Crippen MR) is 67.8 cm³/mol. The number of phenols is 1. The Morgan fingerprint density at radius 1 is 1.41 bits per heavy atom. The lowest BCUT2D eigenvalue weighted by atomic mass is 10.1. The summed E-state index contributed by atoms with van der Waals surface area (Å²) in [5, 5.41) is 21.3. The molecule has 0 radical (unpaired) electrons. The summed E-state index contributed by atoms with van der Waals surface area (Å²) < 4.78 is 5.29. The SMILES string of the molecule is CCOc1cc(/C=C(C)\C(C)=N\O)ccc1O. The minimum absolute atomic E-state index is 0.120. The molecular weight excluding hydrogens is 218 g/mol. The number of nitrogens with zero attached hydrogens (tertiary/aromatic N) is 1. The minimum atomic E-state index is 0.120. The first-order valence-electron chi connectivity index (χ1n) is 5.41. The third-order valence-corrected chi connectivity index (χ3v) is 2.39. The Labute approximate surface area is 101 Å². The van der Waals surface area contributed by atoms with Gasteiger partial charge in [0.1, 0.15) is 0 Å². The molecule has 0 amide bonds. The molecule has 0 aliphatic carbocycles. The molecule has 1 aromatic carbocycles. The van der Waals surface area contributed by atoms with Crippen LogP contribution in [0.25, 0.3) is 6.08 Å². The van der Waals surface area contributed by atoms with E-state index in [4.69, 9.17) is 9.94 Å². The zero-order valence-corrected chi connectivity index (χ0v) is 10.3. The van der Waals surface area contributed by atoms with E-state index in [0.29, 0.717) is 18.1 Å². The molecule has 0 aromatic heterocycles. The lowest BCUT2D eigenvalue weighted by Crippen LogP contribution is -1.94. The molecule has 0 saturated carbocycles. The van der Waals surface area contributed by atoms with Crippen molar-refractivity contribution >= 4 is 11.8 Å². The molecule has 0 saturated heterocycles. The normalized spacial score (nSPS) is 12.6. The second-order valence-electron chi connectivity index (χ2n) is 3.67. The van der Waals surface area contributed by atoms with Crippen LogP contribution in [-0.2, 0) is 0 Å². The monoisotopic (exact) mass is 235 g/mol. The van der Waals surface area contributed by atoms with E-state index in [1.54, 1.807) is 25.1 Å². The first-order chi connectivity index (χ1) is 8.08. The summed E-state index contributed by atoms with van der Waals surface area (Å²) in [5.41, 5.74) is 2.28. The topological polar surface area (TPSA) is 62.0 Å². The highest BCUT2D eigenvalue weighted by Crippen LogP contribution is 2.27. The standard InChI is InChI=1S/C13H17NO3/c1-4-17-13-8-11(5-6-12(13)15)7-9(2)10(3)14-16/h5-8,15-16H,4H2,1-3H3/b9-7-,14-10+. The van der Waals surface area contributed by atoms with E-state index < -0.39 is 0 Å². The van der Waals surface area contributed by atoms with Gasteiger partial charge in [-0.15, -0.1) is 0 Å². The zero-order valence-electron chi connectivity index (χ0n) is 10.3. The van der Waals surface area contributed by atoms with E-state index in [1.165, 1.54) is 0 Å². The van der Waals surface area contributed by atoms with Gasteiger partial charge >= 0.3 is 0 Å². The summed E-state index contributed by atoms with van der Waals surface area (Å²) in [5.74, 6) is 0.571. The van der Waals surface area contributed by atoms with Gasteiger partial charge in [0.15, 0.2) is 11.5 Å². The second-order valence-corrected chi connectivity index (χ2v) is 3.67. The maximum absolute atomic E-state index is 9.55. The first kappa shape index (κ1) is 13.1. The lowest BCUT2D eigenvalue weighted by Gasteiger charge is -2.07. The van der Waals surface area contributed by atoms with E-state index in [1.807, 2.05) is 19.9 Å². The van der Waals surface area contributed by atoms with Gasteiger partial charge in [-0.25, -0.2) is 0 Å². The summed E-state index contributed by atoms with van der Waals surface area (Å²) in [4.78, 5) is 0. The average molecular weight is 235 g/mol. The number of benzene rings is 1. The van der Waals surface area contributed by atoms with Crippen LogP contribution in [0.3, 0.4) is 0 Å². The van der Waals surface area contributed by atoms with Crippen LogP contribution in [0, 0.1) is 0 Å². The van der Waals surface area contributed by atoms with Crippen molar-refractivity contribution in [3.05, 3.63) is 29.3 Å². The Morgan fingerprint density at radius 2 is 2.12 bits per heavy atom. The van der Waals surface area contributed by atoms with Gasteiger partial charge in [-0.3, -0.25) is 0 Å². The largest absolute Gasteiger partial charge is 0.504 e. The summed E-state index contributed by atoms with van der Waals surface area (Å²) in [7, 11) is 0. The van der Waals surface area contributed by atoms with Crippen molar-refractivity contribution in [3.63, 3.8) is 0 Å². The minimum Gasteiger partial charge on any atom is -0.504 e. The number of aromatic hydroxyl groups is 1. The Hall–Kier alpha value is -1.97. The van der Waals surface area contributed by atoms with Crippen LogP contribution >= 0.6 is 0 Å². The molecule has 2 N–H and O–H groups in total. The highest BCUT2D eigenvalue weighted by Gasteiger charge is 2.03. The molecule has 0 aliphatic rings. The van der Waals surface area contributed by atoms with Crippen molar-refractivity contribution in [1.82, 2.24) is 0 Å². The van der Waals surface area contributed by atoms with Crippen molar-refractivity contribution < 1.29 is 15.1 Å². The molecule has 0 unspecified atom stereocenters. The Bertz CT molecular complexity index is 450. The molecule has 1 rings (SSSR count). The van der Waals surface area contributed by atoms with E-state index >= 15 is 0 Å². The number of hydrogen-bond acceptors (Lipinski definition) is 4. The van der Waals surface area contributed by atoms with Crippen LogP contribution < -0.4 is 4.74 Å². The zero-order chi connectivity index (χ0) is 12.8. The third kappa shape index (κ3) is 3.52. The van der Waals surface area contributed by atoms with Crippen molar-refractivity contribution in [1.29, 1.82) is 0 Å². The third-order valence-electron chi connectivity index (χ3n) is 2.39. The highest BCUT2D eigenvalue weighted by molar-refractivity contribution is 6.01. The Morgan fingerprint density at radius 3 is 2.71 bits per heavy atom. The molecule has 17 heavy (non-hydrogen) atoms. The van der Waals surface area contributed by atoms with Crippen molar-refractivity contribution in [3.8, 4) is 11.5 Å². The van der Waals surface area contributed by atoms with Crippen LogP contribution in [0.1, 0.15) is 26.3 Å². The number of ether oxygens (including phenoxy) is 1. The lowest BCUT2D eigenvalue weighted by molar-refractivity contribution is 0.318. The summed E-state index contributed by atoms with van der Waals surface area (Å²) >= 11 is 0. The van der Waals surface area contributed by atoms with Gasteiger partial charge in [0.2, 0.25) is 0 Å². The summed E-state index contributed by atoms with van der Waals surface area (Å²) in [6, 6.07) is 5.09. The predicted octanol–water partition coefficient (Wildman–Crippen LogP) is 3.04. The molecule has 0 spiro atoms. The van der Waals surface area contributed by atoms with Gasteiger partial charge in [0.05, 0.1) is 12.3 Å². The Kier molecular flexibility index (Phi) is 4.57. The number of hydrogen-bond donors (Lipinski definition) is 2. The van der Waals surface area contributed by atoms with Crippen molar-refractivity contribution in [2.24, 2.45) is 5.16 Å². The van der Waals surface area contributed by atoms with Gasteiger partial charge in [-0.05, 0) is 50.1 Å². The maximum atomic E-state index is 9.55. The van der Waals surface area contributed by atoms with E-state index in [0.717, 1.165) is 11.1 Å². The fourth-order valence-corrected chi connectivity index (χ4v) is 1.32. The second kappa shape index (κ2) is 5.94. The average Bonchev–Trinajstić information content (AvgIpc) is 2.32. The molecular formula is C13H17NO3. The number of allylic oxidation sites excluding steroid dienone is 1. The van der Waals surface area contributed by atoms with E-state index in [-0.39, 0.29) is 5.75 Å². The van der Waals surface area contributed by atoms with Gasteiger partial charge < -0.3 is 15.1 Å². The molecule has 0 atom stereocenters. The fraction of sp³-hybridized carbons (Fsp3) is 0.308.